The fourth-order valence-corrected chi connectivity index (χ4v) is 4.32. The topological polar surface area (TPSA) is 61.2 Å². The molecule has 0 atom stereocenters. The molecule has 0 unspecified atom stereocenters. The lowest BCUT2D eigenvalue weighted by molar-refractivity contribution is 0.462. The summed E-state index contributed by atoms with van der Waals surface area (Å²) in [6, 6.07) is 3.53. The standard InChI is InChI=1S/C10H14N2O2S2/c1-4-12(6-5-11)16(13,14)10-7-8(2)15-9(10)3/h7H,4,6H2,1-3H3. The molecule has 0 amide bonds. The molecule has 0 N–H and O–H groups in total. The molecular weight excluding hydrogens is 244 g/mol. The molecule has 0 aromatic carbocycles. The summed E-state index contributed by atoms with van der Waals surface area (Å²) >= 11 is 1.45. The van der Waals surface area contributed by atoms with Crippen LogP contribution in [0, 0.1) is 25.2 Å². The lowest BCUT2D eigenvalue weighted by atomic mass is 10.4. The number of hydrogen-bond acceptors (Lipinski definition) is 4. The van der Waals surface area contributed by atoms with Gasteiger partial charge in [-0.2, -0.15) is 9.57 Å². The average Bonchev–Trinajstić information content (AvgIpc) is 2.54. The van der Waals surface area contributed by atoms with Crippen LogP contribution in [-0.2, 0) is 10.0 Å². The lowest BCUT2D eigenvalue weighted by Crippen LogP contribution is -2.31. The van der Waals surface area contributed by atoms with Gasteiger partial charge >= 0.3 is 0 Å². The van der Waals surface area contributed by atoms with Crippen molar-refractivity contribution in [2.75, 3.05) is 13.1 Å². The van der Waals surface area contributed by atoms with E-state index in [-0.39, 0.29) is 6.54 Å². The number of aryl methyl sites for hydroxylation is 2. The van der Waals surface area contributed by atoms with Crippen molar-refractivity contribution in [3.63, 3.8) is 0 Å². The van der Waals surface area contributed by atoms with Crippen LogP contribution in [0.1, 0.15) is 16.7 Å². The van der Waals surface area contributed by atoms with Crippen LogP contribution in [-0.4, -0.2) is 25.8 Å². The molecule has 1 rings (SSSR count). The fourth-order valence-electron chi connectivity index (χ4n) is 1.45. The Bertz CT molecular complexity index is 511. The third-order valence-corrected chi connectivity index (χ3v) is 5.36. The normalized spacial score (nSPS) is 11.7. The summed E-state index contributed by atoms with van der Waals surface area (Å²) in [6.07, 6.45) is 0. The van der Waals surface area contributed by atoms with Crippen LogP contribution >= 0.6 is 11.3 Å². The monoisotopic (exact) mass is 258 g/mol. The predicted octanol–water partition coefficient (Wildman–Crippen LogP) is 1.90. The molecule has 0 spiro atoms. The molecule has 0 radical (unpaired) electrons. The summed E-state index contributed by atoms with van der Waals surface area (Å²) in [7, 11) is -3.50. The lowest BCUT2D eigenvalue weighted by Gasteiger charge is -2.16. The van der Waals surface area contributed by atoms with Gasteiger partial charge in [-0.15, -0.1) is 11.3 Å². The first kappa shape index (κ1) is 13.2. The van der Waals surface area contributed by atoms with E-state index in [1.165, 1.54) is 15.6 Å². The molecule has 0 aliphatic rings. The molecule has 1 heterocycles. The number of hydrogen-bond donors (Lipinski definition) is 0. The van der Waals surface area contributed by atoms with Crippen molar-refractivity contribution in [1.29, 1.82) is 5.26 Å². The number of nitriles is 1. The predicted molar refractivity (Wildman–Crippen MR) is 63.8 cm³/mol. The Kier molecular flexibility index (Phi) is 4.08. The highest BCUT2D eigenvalue weighted by Crippen LogP contribution is 2.27. The molecule has 0 fully saturated rings. The number of thiophene rings is 1. The van der Waals surface area contributed by atoms with E-state index in [1.807, 2.05) is 13.0 Å². The molecular formula is C10H14N2O2S2. The maximum atomic E-state index is 12.2. The number of rotatable bonds is 4. The van der Waals surface area contributed by atoms with E-state index in [9.17, 15) is 8.42 Å². The van der Waals surface area contributed by atoms with Crippen LogP contribution in [0.2, 0.25) is 0 Å². The van der Waals surface area contributed by atoms with Crippen molar-refractivity contribution in [3.05, 3.63) is 15.8 Å². The summed E-state index contributed by atoms with van der Waals surface area (Å²) in [6.45, 7) is 5.59. The van der Waals surface area contributed by atoms with E-state index in [2.05, 4.69) is 0 Å². The Labute approximate surface area is 100 Å². The van der Waals surface area contributed by atoms with Gasteiger partial charge in [-0.3, -0.25) is 0 Å². The second kappa shape index (κ2) is 4.95. The van der Waals surface area contributed by atoms with Crippen molar-refractivity contribution in [3.8, 4) is 6.07 Å². The average molecular weight is 258 g/mol. The second-order valence-electron chi connectivity index (χ2n) is 3.37. The Morgan fingerprint density at radius 3 is 2.50 bits per heavy atom. The van der Waals surface area contributed by atoms with Gasteiger partial charge in [0.2, 0.25) is 10.0 Å². The van der Waals surface area contributed by atoms with Crippen molar-refractivity contribution in [2.24, 2.45) is 0 Å². The Hall–Kier alpha value is -0.900. The van der Waals surface area contributed by atoms with Crippen LogP contribution < -0.4 is 0 Å². The molecule has 4 nitrogen and oxygen atoms in total. The summed E-state index contributed by atoms with van der Waals surface area (Å²) in [5, 5.41) is 8.60. The molecule has 0 aliphatic carbocycles. The highest BCUT2D eigenvalue weighted by atomic mass is 32.2. The number of nitrogens with zero attached hydrogens (tertiary/aromatic N) is 2. The number of sulfonamides is 1. The Morgan fingerprint density at radius 2 is 2.12 bits per heavy atom. The van der Waals surface area contributed by atoms with Gasteiger partial charge < -0.3 is 0 Å². The van der Waals surface area contributed by atoms with Crippen LogP contribution in [0.3, 0.4) is 0 Å². The maximum Gasteiger partial charge on any atom is 0.245 e. The van der Waals surface area contributed by atoms with Crippen molar-refractivity contribution in [2.45, 2.75) is 25.7 Å². The summed E-state index contributed by atoms with van der Waals surface area (Å²) < 4.78 is 25.5. The van der Waals surface area contributed by atoms with Gasteiger partial charge in [0.05, 0.1) is 11.0 Å². The minimum Gasteiger partial charge on any atom is -0.207 e. The summed E-state index contributed by atoms with van der Waals surface area (Å²) in [4.78, 5) is 2.06. The van der Waals surface area contributed by atoms with E-state index in [4.69, 9.17) is 5.26 Å². The first-order valence-electron chi connectivity index (χ1n) is 4.87. The largest absolute Gasteiger partial charge is 0.245 e. The highest BCUT2D eigenvalue weighted by molar-refractivity contribution is 7.89. The molecule has 1 aromatic heterocycles. The minimum absolute atomic E-state index is 0.104. The van der Waals surface area contributed by atoms with Crippen LogP contribution in [0.25, 0.3) is 0 Å². The van der Waals surface area contributed by atoms with Gasteiger partial charge in [0.25, 0.3) is 0 Å². The molecule has 88 valence electrons. The quantitative estimate of drug-likeness (QED) is 0.775. The molecule has 16 heavy (non-hydrogen) atoms. The molecule has 0 bridgehead atoms. The SMILES string of the molecule is CCN(CC#N)S(=O)(=O)c1cc(C)sc1C. The first-order valence-corrected chi connectivity index (χ1v) is 7.13. The zero-order valence-electron chi connectivity index (χ0n) is 9.52. The zero-order valence-corrected chi connectivity index (χ0v) is 11.2. The van der Waals surface area contributed by atoms with Gasteiger partial charge in [0.15, 0.2) is 0 Å². The van der Waals surface area contributed by atoms with E-state index in [0.29, 0.717) is 11.4 Å². The van der Waals surface area contributed by atoms with Crippen LogP contribution in [0.5, 0.6) is 0 Å². The minimum atomic E-state index is -3.50. The van der Waals surface area contributed by atoms with Crippen molar-refractivity contribution in [1.82, 2.24) is 4.31 Å². The van der Waals surface area contributed by atoms with Crippen molar-refractivity contribution < 1.29 is 8.42 Å². The van der Waals surface area contributed by atoms with Gasteiger partial charge in [-0.05, 0) is 19.9 Å². The van der Waals surface area contributed by atoms with Gasteiger partial charge in [-0.25, -0.2) is 8.42 Å². The maximum absolute atomic E-state index is 12.2. The third-order valence-electron chi connectivity index (χ3n) is 2.21. The summed E-state index contributed by atoms with van der Waals surface area (Å²) in [5.41, 5.74) is 0. The van der Waals surface area contributed by atoms with Crippen molar-refractivity contribution >= 4 is 21.4 Å². The molecule has 0 saturated heterocycles. The van der Waals surface area contributed by atoms with E-state index in [0.717, 1.165) is 9.75 Å². The molecule has 1 aromatic rings. The van der Waals surface area contributed by atoms with E-state index in [1.54, 1.807) is 19.9 Å². The Morgan fingerprint density at radius 1 is 1.50 bits per heavy atom. The molecule has 6 heteroatoms. The van der Waals surface area contributed by atoms with E-state index >= 15 is 0 Å². The summed E-state index contributed by atoms with van der Waals surface area (Å²) in [5.74, 6) is 0. The smallest absolute Gasteiger partial charge is 0.207 e. The fraction of sp³-hybridized carbons (Fsp3) is 0.500. The van der Waals surface area contributed by atoms with Gasteiger partial charge in [0.1, 0.15) is 6.54 Å². The third kappa shape index (κ3) is 2.43. The second-order valence-corrected chi connectivity index (χ2v) is 6.73. The molecule has 0 saturated carbocycles. The van der Waals surface area contributed by atoms with Gasteiger partial charge in [-0.1, -0.05) is 6.92 Å². The van der Waals surface area contributed by atoms with Gasteiger partial charge in [0, 0.05) is 16.3 Å². The van der Waals surface area contributed by atoms with Crippen LogP contribution in [0.4, 0.5) is 0 Å². The van der Waals surface area contributed by atoms with Crippen LogP contribution in [0.15, 0.2) is 11.0 Å². The highest BCUT2D eigenvalue weighted by Gasteiger charge is 2.25. The zero-order chi connectivity index (χ0) is 12.3. The Balaban J connectivity index is 3.21. The first-order chi connectivity index (χ1) is 7.43. The van der Waals surface area contributed by atoms with E-state index < -0.39 is 10.0 Å². The molecule has 0 aliphatic heterocycles.